The molecule has 0 aliphatic heterocycles. The van der Waals surface area contributed by atoms with E-state index in [1.807, 2.05) is 4.72 Å². The first-order valence-corrected chi connectivity index (χ1v) is 12.6. The van der Waals surface area contributed by atoms with Crippen LogP contribution in [-0.4, -0.2) is 50.5 Å². The van der Waals surface area contributed by atoms with Crippen LogP contribution >= 0.6 is 11.6 Å². The first-order chi connectivity index (χ1) is 16.9. The Labute approximate surface area is 210 Å². The second kappa shape index (κ2) is 11.6. The predicted octanol–water partition coefficient (Wildman–Crippen LogP) is 1.71. The summed E-state index contributed by atoms with van der Waals surface area (Å²) in [6, 6.07) is 6.56. The number of rotatable bonds is 11. The molecule has 2 amide bonds. The van der Waals surface area contributed by atoms with E-state index in [2.05, 4.69) is 15.4 Å². The fourth-order valence-corrected chi connectivity index (χ4v) is 4.84. The summed E-state index contributed by atoms with van der Waals surface area (Å²) in [6.45, 7) is -0.879. The summed E-state index contributed by atoms with van der Waals surface area (Å²) in [4.78, 5) is 26.3. The number of aliphatic hydroxyl groups excluding tert-OH is 1. The molecule has 0 aromatic heterocycles. The molecule has 0 bridgehead atoms. The molecule has 1 aliphatic rings. The van der Waals surface area contributed by atoms with Crippen molar-refractivity contribution in [2.75, 3.05) is 13.2 Å². The molecule has 36 heavy (non-hydrogen) atoms. The fraction of sp³-hybridized carbons (Fsp3) is 0.364. The SMILES string of the molecule is O=C(N[C@@H](C(=O)NC1CC(F)(F)C1)c1ccccc1Cl)C(NS(=O)(=O)NCCO)c1cccc(F)c1. The minimum Gasteiger partial charge on any atom is -0.395 e. The van der Waals surface area contributed by atoms with Crippen molar-refractivity contribution in [3.05, 3.63) is 70.5 Å². The lowest BCUT2D eigenvalue weighted by molar-refractivity contribution is -0.135. The van der Waals surface area contributed by atoms with Gasteiger partial charge in [-0.2, -0.15) is 17.9 Å². The molecular formula is C22H24ClF3N4O5S. The van der Waals surface area contributed by atoms with Gasteiger partial charge in [-0.05, 0) is 23.8 Å². The van der Waals surface area contributed by atoms with Gasteiger partial charge in [0.1, 0.15) is 17.9 Å². The van der Waals surface area contributed by atoms with Crippen LogP contribution in [0.3, 0.4) is 0 Å². The summed E-state index contributed by atoms with van der Waals surface area (Å²) in [6.07, 6.45) is -1.13. The molecule has 0 saturated heterocycles. The molecule has 5 N–H and O–H groups in total. The molecule has 2 aromatic rings. The van der Waals surface area contributed by atoms with Gasteiger partial charge in [-0.15, -0.1) is 0 Å². The zero-order valence-electron chi connectivity index (χ0n) is 18.7. The normalized spacial score (nSPS) is 17.0. The van der Waals surface area contributed by atoms with Crippen LogP contribution in [0.15, 0.2) is 48.5 Å². The highest BCUT2D eigenvalue weighted by Crippen LogP contribution is 2.37. The Bertz CT molecular complexity index is 1210. The smallest absolute Gasteiger partial charge is 0.278 e. The minimum absolute atomic E-state index is 0.0844. The van der Waals surface area contributed by atoms with Crippen LogP contribution < -0.4 is 20.1 Å². The number of halogens is 4. The van der Waals surface area contributed by atoms with E-state index in [-0.39, 0.29) is 22.7 Å². The average molecular weight is 549 g/mol. The van der Waals surface area contributed by atoms with Crippen molar-refractivity contribution >= 4 is 33.6 Å². The maximum atomic E-state index is 13.9. The van der Waals surface area contributed by atoms with E-state index in [9.17, 15) is 31.2 Å². The van der Waals surface area contributed by atoms with Gasteiger partial charge in [-0.25, -0.2) is 13.2 Å². The Morgan fingerprint density at radius 2 is 1.78 bits per heavy atom. The largest absolute Gasteiger partial charge is 0.395 e. The Hall–Kier alpha value is -2.71. The first-order valence-electron chi connectivity index (χ1n) is 10.8. The number of carbonyl (C=O) groups excluding carboxylic acids is 2. The zero-order chi connectivity index (χ0) is 26.5. The topological polar surface area (TPSA) is 137 Å². The zero-order valence-corrected chi connectivity index (χ0v) is 20.3. The van der Waals surface area contributed by atoms with Crippen LogP contribution in [0, 0.1) is 5.82 Å². The van der Waals surface area contributed by atoms with E-state index in [4.69, 9.17) is 16.7 Å². The van der Waals surface area contributed by atoms with Gasteiger partial charge in [0.05, 0.1) is 6.61 Å². The van der Waals surface area contributed by atoms with Crippen molar-refractivity contribution in [3.63, 3.8) is 0 Å². The highest BCUT2D eigenvalue weighted by Gasteiger charge is 2.46. The molecule has 1 fully saturated rings. The van der Waals surface area contributed by atoms with Gasteiger partial charge >= 0.3 is 0 Å². The van der Waals surface area contributed by atoms with Crippen molar-refractivity contribution in [2.24, 2.45) is 0 Å². The lowest BCUT2D eigenvalue weighted by Crippen LogP contribution is -2.54. The summed E-state index contributed by atoms with van der Waals surface area (Å²) < 4.78 is 69.2. The Balaban J connectivity index is 1.90. The molecule has 14 heteroatoms. The van der Waals surface area contributed by atoms with Crippen molar-refractivity contribution in [1.82, 2.24) is 20.1 Å². The summed E-state index contributed by atoms with van der Waals surface area (Å²) in [7, 11) is -4.36. The van der Waals surface area contributed by atoms with Gasteiger partial charge < -0.3 is 15.7 Å². The number of hydrogen-bond acceptors (Lipinski definition) is 5. The molecule has 0 radical (unpaired) electrons. The number of benzene rings is 2. The first kappa shape index (κ1) is 27.9. The van der Waals surface area contributed by atoms with Crippen LogP contribution in [0.5, 0.6) is 0 Å². The van der Waals surface area contributed by atoms with Crippen LogP contribution in [0.2, 0.25) is 5.02 Å². The molecule has 2 atom stereocenters. The molecule has 9 nitrogen and oxygen atoms in total. The number of hydrogen-bond donors (Lipinski definition) is 5. The fourth-order valence-electron chi connectivity index (χ4n) is 3.60. The van der Waals surface area contributed by atoms with Crippen molar-refractivity contribution in [3.8, 4) is 0 Å². The van der Waals surface area contributed by atoms with Crippen molar-refractivity contribution in [2.45, 2.75) is 36.9 Å². The maximum Gasteiger partial charge on any atom is 0.278 e. The van der Waals surface area contributed by atoms with E-state index in [0.29, 0.717) is 0 Å². The molecule has 1 saturated carbocycles. The Kier molecular flexibility index (Phi) is 8.95. The third-order valence-corrected chi connectivity index (χ3v) is 6.80. The molecule has 2 aromatic carbocycles. The third-order valence-electron chi connectivity index (χ3n) is 5.32. The molecular weight excluding hydrogens is 525 g/mol. The molecule has 1 aliphatic carbocycles. The highest BCUT2D eigenvalue weighted by molar-refractivity contribution is 7.87. The Morgan fingerprint density at radius 3 is 2.39 bits per heavy atom. The molecule has 1 unspecified atom stereocenters. The number of alkyl halides is 2. The van der Waals surface area contributed by atoms with Crippen LogP contribution in [0.25, 0.3) is 0 Å². The van der Waals surface area contributed by atoms with E-state index in [1.54, 1.807) is 6.07 Å². The molecule has 0 spiro atoms. The Morgan fingerprint density at radius 1 is 1.08 bits per heavy atom. The van der Waals surface area contributed by atoms with E-state index < -0.39 is 71.3 Å². The number of amides is 2. The summed E-state index contributed by atoms with van der Waals surface area (Å²) in [5.41, 5.74) is 0.0502. The van der Waals surface area contributed by atoms with Crippen molar-refractivity contribution in [1.29, 1.82) is 0 Å². The van der Waals surface area contributed by atoms with Gasteiger partial charge in [0.25, 0.3) is 16.1 Å². The average Bonchev–Trinajstić information content (AvgIpc) is 2.79. The number of aliphatic hydroxyl groups is 1. The number of carbonyl (C=O) groups is 2. The predicted molar refractivity (Wildman–Crippen MR) is 125 cm³/mol. The second-order valence-corrected chi connectivity index (χ2v) is 10.1. The quantitative estimate of drug-likeness (QED) is 0.291. The van der Waals surface area contributed by atoms with E-state index >= 15 is 0 Å². The van der Waals surface area contributed by atoms with Crippen molar-refractivity contribution < 1.29 is 36.3 Å². The van der Waals surface area contributed by atoms with Crippen LogP contribution in [0.4, 0.5) is 13.2 Å². The molecule has 3 rings (SSSR count). The second-order valence-electron chi connectivity index (χ2n) is 8.16. The minimum atomic E-state index is -4.36. The third kappa shape index (κ3) is 7.40. The molecule has 0 heterocycles. The van der Waals surface area contributed by atoms with Gasteiger partial charge in [0, 0.05) is 36.0 Å². The monoisotopic (exact) mass is 548 g/mol. The van der Waals surface area contributed by atoms with E-state index in [1.165, 1.54) is 30.3 Å². The summed E-state index contributed by atoms with van der Waals surface area (Å²) in [5, 5.41) is 13.8. The number of nitrogens with one attached hydrogen (secondary N) is 4. The standard InChI is InChI=1S/C22H24ClF3N4O5S/c23-17-7-2-1-6-16(17)19(21(33)28-15-11-22(25,26)12-15)29-20(32)18(13-4-3-5-14(24)10-13)30-36(34,35)27-8-9-31/h1-7,10,15,18-19,27,30-31H,8-9,11-12H2,(H,28,33)(H,29,32)/t18?,19-/m1/s1. The summed E-state index contributed by atoms with van der Waals surface area (Å²) >= 11 is 6.21. The van der Waals surface area contributed by atoms with Gasteiger partial charge in [0.15, 0.2) is 0 Å². The van der Waals surface area contributed by atoms with Gasteiger partial charge in [-0.3, -0.25) is 9.59 Å². The lowest BCUT2D eigenvalue weighted by Gasteiger charge is -2.36. The summed E-state index contributed by atoms with van der Waals surface area (Å²) in [5.74, 6) is -5.53. The van der Waals surface area contributed by atoms with Gasteiger partial charge in [0.2, 0.25) is 11.8 Å². The molecule has 196 valence electrons. The lowest BCUT2D eigenvalue weighted by atomic mass is 9.88. The van der Waals surface area contributed by atoms with Crippen LogP contribution in [0.1, 0.15) is 36.1 Å². The van der Waals surface area contributed by atoms with Gasteiger partial charge in [-0.1, -0.05) is 41.9 Å². The maximum absolute atomic E-state index is 13.9. The van der Waals surface area contributed by atoms with E-state index in [0.717, 1.165) is 12.1 Å². The highest BCUT2D eigenvalue weighted by atomic mass is 35.5. The van der Waals surface area contributed by atoms with Crippen LogP contribution in [-0.2, 0) is 19.8 Å².